The Bertz CT molecular complexity index is 623. The fraction of sp³-hybridized carbons (Fsp3) is 0.316. The zero-order valence-corrected chi connectivity index (χ0v) is 15.1. The minimum atomic E-state index is 0.0314. The highest BCUT2D eigenvalue weighted by Gasteiger charge is 2.13. The van der Waals surface area contributed by atoms with Gasteiger partial charge in [-0.05, 0) is 48.7 Å². The smallest absolute Gasteiger partial charge is 0.224 e. The number of rotatable bonds is 7. The second-order valence-corrected chi connectivity index (χ2v) is 6.25. The summed E-state index contributed by atoms with van der Waals surface area (Å²) in [4.78, 5) is 12.3. The van der Waals surface area contributed by atoms with Crippen molar-refractivity contribution in [2.75, 3.05) is 6.61 Å². The van der Waals surface area contributed by atoms with Crippen LogP contribution in [0.25, 0.3) is 0 Å². The van der Waals surface area contributed by atoms with Crippen LogP contribution >= 0.6 is 15.9 Å². The highest BCUT2D eigenvalue weighted by molar-refractivity contribution is 9.10. The largest absolute Gasteiger partial charge is 0.494 e. The molecule has 3 nitrogen and oxygen atoms in total. The van der Waals surface area contributed by atoms with Gasteiger partial charge in [-0.2, -0.15) is 0 Å². The minimum absolute atomic E-state index is 0.0314. The van der Waals surface area contributed by atoms with Gasteiger partial charge in [0, 0.05) is 4.47 Å². The molecule has 0 aliphatic carbocycles. The van der Waals surface area contributed by atoms with E-state index in [1.165, 1.54) is 0 Å². The average Bonchev–Trinajstić information content (AvgIpc) is 2.56. The Hall–Kier alpha value is -1.81. The molecule has 2 aromatic rings. The molecule has 0 radical (unpaired) electrons. The first kappa shape index (κ1) is 17.5. The van der Waals surface area contributed by atoms with Gasteiger partial charge in [0.25, 0.3) is 0 Å². The minimum Gasteiger partial charge on any atom is -0.494 e. The van der Waals surface area contributed by atoms with Gasteiger partial charge in [-0.1, -0.05) is 47.1 Å². The predicted octanol–water partition coefficient (Wildman–Crippen LogP) is 4.66. The third kappa shape index (κ3) is 5.39. The van der Waals surface area contributed by atoms with Crippen molar-refractivity contribution in [3.8, 4) is 5.75 Å². The number of hydrogen-bond donors (Lipinski definition) is 1. The van der Waals surface area contributed by atoms with E-state index < -0.39 is 0 Å². The summed E-state index contributed by atoms with van der Waals surface area (Å²) in [6, 6.07) is 15.8. The molecule has 2 aromatic carbocycles. The third-order valence-electron chi connectivity index (χ3n) is 3.61. The summed E-state index contributed by atoms with van der Waals surface area (Å²) < 4.78 is 6.45. The maximum absolute atomic E-state index is 12.3. The molecule has 0 fully saturated rings. The van der Waals surface area contributed by atoms with Crippen LogP contribution in [-0.4, -0.2) is 12.5 Å². The lowest BCUT2D eigenvalue weighted by Crippen LogP contribution is -2.29. The lowest BCUT2D eigenvalue weighted by molar-refractivity contribution is -0.121. The Morgan fingerprint density at radius 1 is 1.09 bits per heavy atom. The van der Waals surface area contributed by atoms with Crippen molar-refractivity contribution >= 4 is 21.8 Å². The summed E-state index contributed by atoms with van der Waals surface area (Å²) in [5.41, 5.74) is 2.10. The van der Waals surface area contributed by atoms with Crippen LogP contribution in [0, 0.1) is 0 Å². The number of amides is 1. The normalized spacial score (nSPS) is 11.8. The van der Waals surface area contributed by atoms with Crippen LogP contribution in [0.4, 0.5) is 0 Å². The van der Waals surface area contributed by atoms with Gasteiger partial charge in [-0.15, -0.1) is 0 Å². The molecule has 0 saturated carbocycles. The van der Waals surface area contributed by atoms with Crippen LogP contribution < -0.4 is 10.1 Å². The molecule has 0 aliphatic rings. The second-order valence-electron chi connectivity index (χ2n) is 5.33. The fourth-order valence-electron chi connectivity index (χ4n) is 2.42. The summed E-state index contributed by atoms with van der Waals surface area (Å²) in [5, 5.41) is 3.11. The van der Waals surface area contributed by atoms with Crippen LogP contribution in [0.5, 0.6) is 5.75 Å². The first-order chi connectivity index (χ1) is 11.1. The Morgan fingerprint density at radius 3 is 2.30 bits per heavy atom. The molecular weight excluding hydrogens is 354 g/mol. The first-order valence-electron chi connectivity index (χ1n) is 7.89. The lowest BCUT2D eigenvalue weighted by Gasteiger charge is -2.17. The second kappa shape index (κ2) is 8.73. The van der Waals surface area contributed by atoms with Gasteiger partial charge >= 0.3 is 0 Å². The molecule has 0 bridgehead atoms. The van der Waals surface area contributed by atoms with E-state index >= 15 is 0 Å². The summed E-state index contributed by atoms with van der Waals surface area (Å²) >= 11 is 3.43. The van der Waals surface area contributed by atoms with Crippen LogP contribution in [0.3, 0.4) is 0 Å². The fourth-order valence-corrected chi connectivity index (χ4v) is 2.68. The summed E-state index contributed by atoms with van der Waals surface area (Å²) in [6.45, 7) is 4.67. The Kier molecular flexibility index (Phi) is 6.66. The Labute approximate surface area is 146 Å². The van der Waals surface area contributed by atoms with Gasteiger partial charge in [0.05, 0.1) is 19.1 Å². The predicted molar refractivity (Wildman–Crippen MR) is 96.6 cm³/mol. The van der Waals surface area contributed by atoms with Crippen molar-refractivity contribution in [1.29, 1.82) is 0 Å². The van der Waals surface area contributed by atoms with E-state index in [0.29, 0.717) is 13.0 Å². The van der Waals surface area contributed by atoms with Crippen molar-refractivity contribution in [3.63, 3.8) is 0 Å². The molecule has 0 aliphatic heterocycles. The van der Waals surface area contributed by atoms with Gasteiger partial charge in [0.15, 0.2) is 0 Å². The maximum atomic E-state index is 12.3. The van der Waals surface area contributed by atoms with Crippen LogP contribution in [-0.2, 0) is 11.2 Å². The van der Waals surface area contributed by atoms with E-state index in [2.05, 4.69) is 28.2 Å². The molecule has 0 heterocycles. The number of carbonyl (C=O) groups is 1. The highest BCUT2D eigenvalue weighted by atomic mass is 79.9. The third-order valence-corrected chi connectivity index (χ3v) is 4.14. The Morgan fingerprint density at radius 2 is 1.74 bits per heavy atom. The first-order valence-corrected chi connectivity index (χ1v) is 8.68. The van der Waals surface area contributed by atoms with Crippen LogP contribution in [0.2, 0.25) is 0 Å². The number of hydrogen-bond acceptors (Lipinski definition) is 2. The zero-order valence-electron chi connectivity index (χ0n) is 13.5. The molecule has 1 atom stereocenters. The van der Waals surface area contributed by atoms with E-state index in [1.54, 1.807) is 0 Å². The average molecular weight is 376 g/mol. The van der Waals surface area contributed by atoms with E-state index in [-0.39, 0.29) is 11.9 Å². The van der Waals surface area contributed by atoms with Crippen molar-refractivity contribution in [2.45, 2.75) is 32.7 Å². The molecule has 23 heavy (non-hydrogen) atoms. The summed E-state index contributed by atoms with van der Waals surface area (Å²) in [6.07, 6.45) is 1.23. The van der Waals surface area contributed by atoms with Crippen molar-refractivity contribution < 1.29 is 9.53 Å². The number of carbonyl (C=O) groups excluding carboxylic acids is 1. The highest BCUT2D eigenvalue weighted by Crippen LogP contribution is 2.20. The van der Waals surface area contributed by atoms with Gasteiger partial charge in [-0.3, -0.25) is 4.79 Å². The van der Waals surface area contributed by atoms with E-state index in [0.717, 1.165) is 27.8 Å². The Balaban J connectivity index is 1.95. The zero-order chi connectivity index (χ0) is 16.7. The molecule has 0 saturated heterocycles. The molecule has 1 N–H and O–H groups in total. The van der Waals surface area contributed by atoms with Gasteiger partial charge < -0.3 is 10.1 Å². The molecule has 0 spiro atoms. The monoisotopic (exact) mass is 375 g/mol. The lowest BCUT2D eigenvalue weighted by atomic mass is 10.0. The van der Waals surface area contributed by atoms with Crippen molar-refractivity contribution in [2.24, 2.45) is 0 Å². The van der Waals surface area contributed by atoms with Crippen LogP contribution in [0.15, 0.2) is 53.0 Å². The summed E-state index contributed by atoms with van der Waals surface area (Å²) in [5.74, 6) is 0.863. The molecule has 122 valence electrons. The van der Waals surface area contributed by atoms with Crippen molar-refractivity contribution in [3.05, 3.63) is 64.1 Å². The maximum Gasteiger partial charge on any atom is 0.224 e. The molecule has 4 heteroatoms. The summed E-state index contributed by atoms with van der Waals surface area (Å²) in [7, 11) is 0. The van der Waals surface area contributed by atoms with E-state index in [1.807, 2.05) is 55.5 Å². The number of nitrogens with one attached hydrogen (secondary N) is 1. The SMILES string of the molecule is CCOc1ccc(CC(=O)NC(CC)c2ccc(Br)cc2)cc1. The quantitative estimate of drug-likeness (QED) is 0.764. The van der Waals surface area contributed by atoms with Gasteiger partial charge in [-0.25, -0.2) is 0 Å². The van der Waals surface area contributed by atoms with E-state index in [9.17, 15) is 4.79 Å². The van der Waals surface area contributed by atoms with Gasteiger partial charge in [0.2, 0.25) is 5.91 Å². The molecule has 0 aromatic heterocycles. The van der Waals surface area contributed by atoms with Crippen LogP contribution in [0.1, 0.15) is 37.4 Å². The van der Waals surface area contributed by atoms with Crippen molar-refractivity contribution in [1.82, 2.24) is 5.32 Å². The standard InChI is InChI=1S/C19H22BrNO2/c1-3-18(15-7-9-16(20)10-8-15)21-19(22)13-14-5-11-17(12-6-14)23-4-2/h5-12,18H,3-4,13H2,1-2H3,(H,21,22). The van der Waals surface area contributed by atoms with E-state index in [4.69, 9.17) is 4.74 Å². The molecule has 1 unspecified atom stereocenters. The number of benzene rings is 2. The number of halogens is 1. The van der Waals surface area contributed by atoms with Gasteiger partial charge in [0.1, 0.15) is 5.75 Å². The molecule has 1 amide bonds. The number of ether oxygens (including phenoxy) is 1. The topological polar surface area (TPSA) is 38.3 Å². The molecule has 2 rings (SSSR count). The molecular formula is C19H22BrNO2.